The normalized spacial score (nSPS) is 12.7. The summed E-state index contributed by atoms with van der Waals surface area (Å²) in [6, 6.07) is 11.4. The number of carbonyl (C=O) groups excluding carboxylic acids is 1. The van der Waals surface area contributed by atoms with E-state index in [-0.39, 0.29) is 5.97 Å². The Morgan fingerprint density at radius 1 is 1.14 bits per heavy atom. The third-order valence-corrected chi connectivity index (χ3v) is 4.05. The highest BCUT2D eigenvalue weighted by Gasteiger charge is 2.25. The van der Waals surface area contributed by atoms with Crippen LogP contribution in [0.2, 0.25) is 0 Å². The summed E-state index contributed by atoms with van der Waals surface area (Å²) < 4.78 is 5.67. The van der Waals surface area contributed by atoms with E-state index in [0.29, 0.717) is 11.5 Å². The summed E-state index contributed by atoms with van der Waals surface area (Å²) >= 11 is 0. The van der Waals surface area contributed by atoms with E-state index in [2.05, 4.69) is 18.8 Å². The number of benzene rings is 1. The van der Waals surface area contributed by atoms with E-state index in [9.17, 15) is 4.79 Å². The predicted molar refractivity (Wildman–Crippen MR) is 87.8 cm³/mol. The van der Waals surface area contributed by atoms with Crippen LogP contribution in [0.15, 0.2) is 48.8 Å². The SMILES string of the molecule is CCC(C)c1ccc(C(=O)OC(C)(C)c2ccncc2)cc1. The second kappa shape index (κ2) is 6.73. The lowest BCUT2D eigenvalue weighted by atomic mass is 9.97. The molecule has 0 aliphatic rings. The van der Waals surface area contributed by atoms with E-state index in [1.807, 2.05) is 50.2 Å². The topological polar surface area (TPSA) is 39.2 Å². The highest BCUT2D eigenvalue weighted by atomic mass is 16.6. The summed E-state index contributed by atoms with van der Waals surface area (Å²) in [5, 5.41) is 0. The van der Waals surface area contributed by atoms with E-state index in [4.69, 9.17) is 4.74 Å². The van der Waals surface area contributed by atoms with Gasteiger partial charge in [-0.05, 0) is 61.6 Å². The fourth-order valence-corrected chi connectivity index (χ4v) is 2.29. The molecular formula is C19H23NO2. The van der Waals surface area contributed by atoms with Crippen molar-refractivity contribution in [2.75, 3.05) is 0 Å². The Balaban J connectivity index is 2.12. The summed E-state index contributed by atoms with van der Waals surface area (Å²) in [4.78, 5) is 16.3. The van der Waals surface area contributed by atoms with Crippen molar-refractivity contribution in [3.63, 3.8) is 0 Å². The van der Waals surface area contributed by atoms with Gasteiger partial charge in [0.05, 0.1) is 5.56 Å². The second-order valence-electron chi connectivity index (χ2n) is 6.07. The number of nitrogens with zero attached hydrogens (tertiary/aromatic N) is 1. The maximum absolute atomic E-state index is 12.3. The van der Waals surface area contributed by atoms with Crippen molar-refractivity contribution in [1.82, 2.24) is 4.98 Å². The Bertz CT molecular complexity index is 618. The fraction of sp³-hybridized carbons (Fsp3) is 0.368. The van der Waals surface area contributed by atoms with Crippen LogP contribution >= 0.6 is 0 Å². The van der Waals surface area contributed by atoms with Gasteiger partial charge < -0.3 is 4.74 Å². The maximum Gasteiger partial charge on any atom is 0.338 e. The molecule has 1 aromatic carbocycles. The van der Waals surface area contributed by atoms with Gasteiger partial charge in [0, 0.05) is 12.4 Å². The Kier molecular flexibility index (Phi) is 4.96. The van der Waals surface area contributed by atoms with Gasteiger partial charge in [-0.3, -0.25) is 4.98 Å². The lowest BCUT2D eigenvalue weighted by Crippen LogP contribution is -2.25. The Labute approximate surface area is 132 Å². The van der Waals surface area contributed by atoms with E-state index >= 15 is 0 Å². The van der Waals surface area contributed by atoms with Crippen molar-refractivity contribution >= 4 is 5.97 Å². The van der Waals surface area contributed by atoms with Gasteiger partial charge in [-0.25, -0.2) is 4.79 Å². The molecule has 2 rings (SSSR count). The zero-order valence-corrected chi connectivity index (χ0v) is 13.7. The van der Waals surface area contributed by atoms with Crippen molar-refractivity contribution in [2.45, 2.75) is 45.6 Å². The molecule has 22 heavy (non-hydrogen) atoms. The number of hydrogen-bond acceptors (Lipinski definition) is 3. The van der Waals surface area contributed by atoms with Crippen molar-refractivity contribution in [3.8, 4) is 0 Å². The minimum atomic E-state index is -0.685. The molecule has 0 amide bonds. The number of ether oxygens (including phenoxy) is 1. The largest absolute Gasteiger partial charge is 0.451 e. The molecule has 0 aliphatic carbocycles. The van der Waals surface area contributed by atoms with Gasteiger partial charge in [-0.1, -0.05) is 26.0 Å². The molecule has 0 fully saturated rings. The van der Waals surface area contributed by atoms with E-state index in [1.165, 1.54) is 5.56 Å². The second-order valence-corrected chi connectivity index (χ2v) is 6.07. The molecule has 0 aliphatic heterocycles. The smallest absolute Gasteiger partial charge is 0.338 e. The van der Waals surface area contributed by atoms with Gasteiger partial charge in [0.2, 0.25) is 0 Å². The van der Waals surface area contributed by atoms with Gasteiger partial charge in [0.25, 0.3) is 0 Å². The van der Waals surface area contributed by atoms with Gasteiger partial charge in [-0.15, -0.1) is 0 Å². The molecule has 0 bridgehead atoms. The van der Waals surface area contributed by atoms with Crippen molar-refractivity contribution in [3.05, 3.63) is 65.5 Å². The average Bonchev–Trinajstić information content (AvgIpc) is 2.54. The summed E-state index contributed by atoms with van der Waals surface area (Å²) in [5.41, 5.74) is 2.06. The third kappa shape index (κ3) is 3.73. The van der Waals surface area contributed by atoms with Crippen LogP contribution in [-0.4, -0.2) is 11.0 Å². The number of hydrogen-bond donors (Lipinski definition) is 0. The quantitative estimate of drug-likeness (QED) is 0.752. The van der Waals surface area contributed by atoms with Gasteiger partial charge >= 0.3 is 5.97 Å². The molecule has 116 valence electrons. The minimum Gasteiger partial charge on any atom is -0.451 e. The summed E-state index contributed by atoms with van der Waals surface area (Å²) in [5.74, 6) is 0.191. The molecule has 2 aromatic rings. The Hall–Kier alpha value is -2.16. The molecular weight excluding hydrogens is 274 g/mol. The summed E-state index contributed by atoms with van der Waals surface area (Å²) in [6.07, 6.45) is 4.48. The Morgan fingerprint density at radius 3 is 2.27 bits per heavy atom. The van der Waals surface area contributed by atoms with Crippen LogP contribution < -0.4 is 0 Å². The van der Waals surface area contributed by atoms with Crippen LogP contribution in [0.4, 0.5) is 0 Å². The molecule has 1 heterocycles. The van der Waals surface area contributed by atoms with Gasteiger partial charge in [-0.2, -0.15) is 0 Å². The van der Waals surface area contributed by atoms with Crippen molar-refractivity contribution in [2.24, 2.45) is 0 Å². The highest BCUT2D eigenvalue weighted by Crippen LogP contribution is 2.26. The molecule has 3 heteroatoms. The number of rotatable bonds is 5. The molecule has 3 nitrogen and oxygen atoms in total. The van der Waals surface area contributed by atoms with Crippen molar-refractivity contribution in [1.29, 1.82) is 0 Å². The highest BCUT2D eigenvalue weighted by molar-refractivity contribution is 5.89. The van der Waals surface area contributed by atoms with Crippen LogP contribution in [0, 0.1) is 0 Å². The maximum atomic E-state index is 12.3. The first kappa shape index (κ1) is 16.2. The molecule has 1 unspecified atom stereocenters. The first-order valence-electron chi connectivity index (χ1n) is 7.68. The first-order chi connectivity index (χ1) is 10.4. The average molecular weight is 297 g/mol. The zero-order chi connectivity index (χ0) is 16.2. The molecule has 0 N–H and O–H groups in total. The van der Waals surface area contributed by atoms with Crippen LogP contribution in [0.3, 0.4) is 0 Å². The Morgan fingerprint density at radius 2 is 1.73 bits per heavy atom. The standard InChI is InChI=1S/C19H23NO2/c1-5-14(2)15-6-8-16(9-7-15)18(21)22-19(3,4)17-10-12-20-13-11-17/h6-14H,5H2,1-4H3. The van der Waals surface area contributed by atoms with Gasteiger partial charge in [0.15, 0.2) is 0 Å². The molecule has 0 radical (unpaired) electrons. The summed E-state index contributed by atoms with van der Waals surface area (Å²) in [6.45, 7) is 8.10. The van der Waals surface area contributed by atoms with Crippen LogP contribution in [0.25, 0.3) is 0 Å². The van der Waals surface area contributed by atoms with Crippen LogP contribution in [-0.2, 0) is 10.3 Å². The lowest BCUT2D eigenvalue weighted by Gasteiger charge is -2.25. The number of esters is 1. The molecule has 0 saturated heterocycles. The van der Waals surface area contributed by atoms with E-state index < -0.39 is 5.60 Å². The predicted octanol–water partition coefficient (Wildman–Crippen LogP) is 4.69. The van der Waals surface area contributed by atoms with E-state index in [0.717, 1.165) is 12.0 Å². The lowest BCUT2D eigenvalue weighted by molar-refractivity contribution is -0.00316. The summed E-state index contributed by atoms with van der Waals surface area (Å²) in [7, 11) is 0. The van der Waals surface area contributed by atoms with Crippen LogP contribution in [0.1, 0.15) is 61.5 Å². The van der Waals surface area contributed by atoms with Crippen molar-refractivity contribution < 1.29 is 9.53 Å². The first-order valence-corrected chi connectivity index (χ1v) is 7.68. The van der Waals surface area contributed by atoms with Gasteiger partial charge in [0.1, 0.15) is 5.60 Å². The zero-order valence-electron chi connectivity index (χ0n) is 13.7. The molecule has 1 aromatic heterocycles. The van der Waals surface area contributed by atoms with E-state index in [1.54, 1.807) is 12.4 Å². The van der Waals surface area contributed by atoms with Crippen LogP contribution in [0.5, 0.6) is 0 Å². The molecule has 1 atom stereocenters. The fourth-order valence-electron chi connectivity index (χ4n) is 2.29. The number of aromatic nitrogens is 1. The molecule has 0 saturated carbocycles. The molecule has 0 spiro atoms. The third-order valence-electron chi connectivity index (χ3n) is 4.05. The number of carbonyl (C=O) groups is 1. The number of pyridine rings is 1. The minimum absolute atomic E-state index is 0.308. The monoisotopic (exact) mass is 297 g/mol.